The predicted molar refractivity (Wildman–Crippen MR) is 63.3 cm³/mol. The maximum atomic E-state index is 13.6. The van der Waals surface area contributed by atoms with Gasteiger partial charge in [-0.25, -0.2) is 4.39 Å². The number of halogens is 1. The zero-order valence-corrected chi connectivity index (χ0v) is 9.63. The number of hydrogen-bond acceptors (Lipinski definition) is 3. The molecule has 2 aromatic rings. The SMILES string of the molecule is COc1ccc(F)c([C@H](N)c2ccsc2)c1. The predicted octanol–water partition coefficient (Wildman–Crippen LogP) is 2.94. The Morgan fingerprint density at radius 1 is 1.38 bits per heavy atom. The lowest BCUT2D eigenvalue weighted by atomic mass is 10.0. The van der Waals surface area contributed by atoms with Crippen LogP contribution in [0.2, 0.25) is 0 Å². The number of nitrogens with two attached hydrogens (primary N) is 1. The Balaban J connectivity index is 2.39. The fourth-order valence-electron chi connectivity index (χ4n) is 1.52. The van der Waals surface area contributed by atoms with E-state index in [0.717, 1.165) is 5.56 Å². The standard InChI is InChI=1S/C12H12FNOS/c1-15-9-2-3-11(13)10(6-9)12(14)8-4-5-16-7-8/h2-7,12H,14H2,1H3/t12-/m1/s1. The van der Waals surface area contributed by atoms with Crippen LogP contribution in [-0.4, -0.2) is 7.11 Å². The van der Waals surface area contributed by atoms with Crippen molar-refractivity contribution in [2.24, 2.45) is 5.73 Å². The van der Waals surface area contributed by atoms with Crippen LogP contribution in [0.4, 0.5) is 4.39 Å². The number of rotatable bonds is 3. The van der Waals surface area contributed by atoms with Crippen LogP contribution >= 0.6 is 11.3 Å². The van der Waals surface area contributed by atoms with Crippen LogP contribution in [-0.2, 0) is 0 Å². The molecule has 1 heterocycles. The van der Waals surface area contributed by atoms with Crippen LogP contribution in [0.15, 0.2) is 35.0 Å². The number of methoxy groups -OCH3 is 1. The molecule has 0 unspecified atom stereocenters. The van der Waals surface area contributed by atoms with Crippen molar-refractivity contribution in [3.8, 4) is 5.75 Å². The van der Waals surface area contributed by atoms with Crippen LogP contribution in [0.25, 0.3) is 0 Å². The molecule has 16 heavy (non-hydrogen) atoms. The molecule has 2 N–H and O–H groups in total. The van der Waals surface area contributed by atoms with Gasteiger partial charge >= 0.3 is 0 Å². The van der Waals surface area contributed by atoms with Gasteiger partial charge in [-0.05, 0) is 40.6 Å². The smallest absolute Gasteiger partial charge is 0.128 e. The van der Waals surface area contributed by atoms with Gasteiger partial charge in [0, 0.05) is 5.56 Å². The van der Waals surface area contributed by atoms with Gasteiger partial charge in [-0.3, -0.25) is 0 Å². The molecule has 0 saturated heterocycles. The molecule has 0 spiro atoms. The fraction of sp³-hybridized carbons (Fsp3) is 0.167. The van der Waals surface area contributed by atoms with Crippen LogP contribution in [0, 0.1) is 5.82 Å². The second kappa shape index (κ2) is 4.63. The largest absolute Gasteiger partial charge is 0.497 e. The monoisotopic (exact) mass is 237 g/mol. The van der Waals surface area contributed by atoms with Crippen molar-refractivity contribution in [1.82, 2.24) is 0 Å². The summed E-state index contributed by atoms with van der Waals surface area (Å²) >= 11 is 1.54. The summed E-state index contributed by atoms with van der Waals surface area (Å²) in [5, 5.41) is 3.84. The van der Waals surface area contributed by atoms with Gasteiger partial charge in [0.2, 0.25) is 0 Å². The summed E-state index contributed by atoms with van der Waals surface area (Å²) in [6.07, 6.45) is 0. The summed E-state index contributed by atoms with van der Waals surface area (Å²) in [5.41, 5.74) is 7.37. The third kappa shape index (κ3) is 2.08. The van der Waals surface area contributed by atoms with Crippen molar-refractivity contribution in [3.05, 3.63) is 52.0 Å². The highest BCUT2D eigenvalue weighted by Gasteiger charge is 2.14. The summed E-state index contributed by atoms with van der Waals surface area (Å²) in [6.45, 7) is 0. The average molecular weight is 237 g/mol. The van der Waals surface area contributed by atoms with E-state index in [9.17, 15) is 4.39 Å². The molecule has 1 aromatic heterocycles. The molecule has 0 aliphatic carbocycles. The molecule has 2 rings (SSSR count). The van der Waals surface area contributed by atoms with Crippen LogP contribution < -0.4 is 10.5 Å². The lowest BCUT2D eigenvalue weighted by Crippen LogP contribution is -2.12. The van der Waals surface area contributed by atoms with Gasteiger partial charge in [0.05, 0.1) is 13.2 Å². The molecule has 84 valence electrons. The number of hydrogen-bond donors (Lipinski definition) is 1. The third-order valence-corrected chi connectivity index (χ3v) is 3.14. The summed E-state index contributed by atoms with van der Waals surface area (Å²) in [7, 11) is 1.55. The highest BCUT2D eigenvalue weighted by atomic mass is 32.1. The van der Waals surface area contributed by atoms with Crippen molar-refractivity contribution in [2.75, 3.05) is 7.11 Å². The van der Waals surface area contributed by atoms with Gasteiger partial charge in [-0.15, -0.1) is 0 Å². The zero-order chi connectivity index (χ0) is 11.5. The van der Waals surface area contributed by atoms with Crippen LogP contribution in [0.3, 0.4) is 0 Å². The minimum Gasteiger partial charge on any atom is -0.497 e. The molecule has 0 radical (unpaired) electrons. The summed E-state index contributed by atoms with van der Waals surface area (Å²) < 4.78 is 18.7. The summed E-state index contributed by atoms with van der Waals surface area (Å²) in [6, 6.07) is 6.05. The molecule has 1 atom stereocenters. The maximum absolute atomic E-state index is 13.6. The Morgan fingerprint density at radius 3 is 2.81 bits per heavy atom. The summed E-state index contributed by atoms with van der Waals surface area (Å²) in [4.78, 5) is 0. The van der Waals surface area contributed by atoms with E-state index in [1.54, 1.807) is 30.6 Å². The molecule has 1 aromatic carbocycles. The molecule has 0 aliphatic heterocycles. The first-order chi connectivity index (χ1) is 7.72. The molecule has 0 bridgehead atoms. The van der Waals surface area contributed by atoms with E-state index in [4.69, 9.17) is 10.5 Å². The quantitative estimate of drug-likeness (QED) is 0.890. The first-order valence-electron chi connectivity index (χ1n) is 4.83. The number of benzene rings is 1. The fourth-order valence-corrected chi connectivity index (χ4v) is 2.22. The lowest BCUT2D eigenvalue weighted by Gasteiger charge is -2.12. The highest BCUT2D eigenvalue weighted by Crippen LogP contribution is 2.26. The van der Waals surface area contributed by atoms with Crippen molar-refractivity contribution >= 4 is 11.3 Å². The minimum atomic E-state index is -0.443. The van der Waals surface area contributed by atoms with Crippen molar-refractivity contribution < 1.29 is 9.13 Å². The Hall–Kier alpha value is -1.39. The molecule has 0 amide bonds. The Kier molecular flexibility index (Phi) is 3.22. The normalized spacial score (nSPS) is 12.4. The van der Waals surface area contributed by atoms with Crippen molar-refractivity contribution in [1.29, 1.82) is 0 Å². The molecule has 0 fully saturated rings. The third-order valence-electron chi connectivity index (χ3n) is 2.44. The van der Waals surface area contributed by atoms with Gasteiger partial charge in [0.15, 0.2) is 0 Å². The minimum absolute atomic E-state index is 0.306. The average Bonchev–Trinajstić information content (AvgIpc) is 2.82. The topological polar surface area (TPSA) is 35.2 Å². The Morgan fingerprint density at radius 2 is 2.19 bits per heavy atom. The summed E-state index contributed by atoms with van der Waals surface area (Å²) in [5.74, 6) is 0.307. The molecular formula is C12H12FNOS. The molecule has 0 saturated carbocycles. The van der Waals surface area contributed by atoms with Gasteiger partial charge in [-0.2, -0.15) is 11.3 Å². The van der Waals surface area contributed by atoms with Gasteiger partial charge in [0.1, 0.15) is 11.6 Å². The number of ether oxygens (including phenoxy) is 1. The second-order valence-corrected chi connectivity index (χ2v) is 4.20. The van der Waals surface area contributed by atoms with Crippen molar-refractivity contribution in [3.63, 3.8) is 0 Å². The lowest BCUT2D eigenvalue weighted by molar-refractivity contribution is 0.412. The highest BCUT2D eigenvalue weighted by molar-refractivity contribution is 7.08. The molecule has 4 heteroatoms. The Labute approximate surface area is 97.5 Å². The first kappa shape index (κ1) is 11.1. The van der Waals surface area contributed by atoms with Crippen LogP contribution in [0.5, 0.6) is 5.75 Å². The maximum Gasteiger partial charge on any atom is 0.128 e. The van der Waals surface area contributed by atoms with E-state index >= 15 is 0 Å². The van der Waals surface area contributed by atoms with Gasteiger partial charge < -0.3 is 10.5 Å². The van der Waals surface area contributed by atoms with E-state index < -0.39 is 6.04 Å². The van der Waals surface area contributed by atoms with E-state index in [1.807, 2.05) is 16.8 Å². The molecule has 0 aliphatic rings. The molecular weight excluding hydrogens is 225 g/mol. The van der Waals surface area contributed by atoms with E-state index in [-0.39, 0.29) is 5.82 Å². The Bertz CT molecular complexity index is 470. The van der Waals surface area contributed by atoms with Gasteiger partial charge in [-0.1, -0.05) is 0 Å². The van der Waals surface area contributed by atoms with Gasteiger partial charge in [0.25, 0.3) is 0 Å². The molecule has 2 nitrogen and oxygen atoms in total. The number of thiophene rings is 1. The zero-order valence-electron chi connectivity index (χ0n) is 8.81. The van der Waals surface area contributed by atoms with E-state index in [0.29, 0.717) is 11.3 Å². The van der Waals surface area contributed by atoms with Crippen LogP contribution in [0.1, 0.15) is 17.2 Å². The second-order valence-electron chi connectivity index (χ2n) is 3.42. The van der Waals surface area contributed by atoms with E-state index in [1.165, 1.54) is 6.07 Å². The van der Waals surface area contributed by atoms with E-state index in [2.05, 4.69) is 0 Å². The first-order valence-corrected chi connectivity index (χ1v) is 5.77. The van der Waals surface area contributed by atoms with Crippen molar-refractivity contribution in [2.45, 2.75) is 6.04 Å².